The Balaban J connectivity index is 1.50. The minimum Gasteiger partial charge on any atom is -0.379 e. The number of fused-ring (bicyclic) bond motifs is 1. The standard InChI is InChI=1S/C22H24ClN3O4S2/c23-17-5-7-18(8-6-17)32(28,29)16-9-21(27)26(11-10-25-12-14-30-15-13-25)22-24-19-3-1-2-4-20(19)31-22/h1-8H,9-16H2. The minimum absolute atomic E-state index is 0.121. The molecule has 0 N–H and O–H groups in total. The van der Waals surface area contributed by atoms with Crippen LogP contribution in [0.3, 0.4) is 0 Å². The van der Waals surface area contributed by atoms with E-state index in [-0.39, 0.29) is 23.0 Å². The molecule has 1 aliphatic heterocycles. The molecule has 0 saturated carbocycles. The van der Waals surface area contributed by atoms with Gasteiger partial charge in [0.25, 0.3) is 0 Å². The fourth-order valence-electron chi connectivity index (χ4n) is 3.49. The third-order valence-corrected chi connectivity index (χ3v) is 8.36. The van der Waals surface area contributed by atoms with Crippen LogP contribution in [-0.2, 0) is 19.4 Å². The van der Waals surface area contributed by atoms with Crippen LogP contribution < -0.4 is 4.90 Å². The molecule has 0 radical (unpaired) electrons. The van der Waals surface area contributed by atoms with Crippen LogP contribution in [0.4, 0.5) is 5.13 Å². The van der Waals surface area contributed by atoms with Gasteiger partial charge in [-0.3, -0.25) is 14.6 Å². The lowest BCUT2D eigenvalue weighted by Gasteiger charge is -2.29. The summed E-state index contributed by atoms with van der Waals surface area (Å²) in [7, 11) is -3.60. The van der Waals surface area contributed by atoms with Crippen LogP contribution in [0, 0.1) is 0 Å². The number of carbonyl (C=O) groups is 1. The molecular formula is C22H24ClN3O4S2. The Labute approximate surface area is 196 Å². The summed E-state index contributed by atoms with van der Waals surface area (Å²) < 4.78 is 31.8. The summed E-state index contributed by atoms with van der Waals surface area (Å²) >= 11 is 7.30. The Morgan fingerprint density at radius 3 is 2.56 bits per heavy atom. The molecule has 2 heterocycles. The number of hydrogen-bond donors (Lipinski definition) is 0. The number of hydrogen-bond acceptors (Lipinski definition) is 7. The summed E-state index contributed by atoms with van der Waals surface area (Å²) in [5.74, 6) is -0.526. The van der Waals surface area contributed by atoms with E-state index in [0.29, 0.717) is 36.5 Å². The number of ether oxygens (including phenoxy) is 1. The number of sulfone groups is 1. The minimum atomic E-state index is -3.60. The van der Waals surface area contributed by atoms with Crippen molar-refractivity contribution in [2.24, 2.45) is 0 Å². The quantitative estimate of drug-likeness (QED) is 0.478. The van der Waals surface area contributed by atoms with Gasteiger partial charge in [0, 0.05) is 37.6 Å². The second-order valence-corrected chi connectivity index (χ2v) is 11.0. The highest BCUT2D eigenvalue weighted by Crippen LogP contribution is 2.29. The Bertz CT molecular complexity index is 1140. The summed E-state index contributed by atoms with van der Waals surface area (Å²) in [4.78, 5) is 21.8. The Morgan fingerprint density at radius 1 is 1.12 bits per heavy atom. The number of aromatic nitrogens is 1. The number of anilines is 1. The summed E-state index contributed by atoms with van der Waals surface area (Å²) in [5, 5.41) is 1.05. The van der Waals surface area contributed by atoms with Crippen LogP contribution in [0.15, 0.2) is 53.4 Å². The summed E-state index contributed by atoms with van der Waals surface area (Å²) in [6.07, 6.45) is -0.121. The summed E-state index contributed by atoms with van der Waals surface area (Å²) in [6.45, 7) is 4.09. The lowest BCUT2D eigenvalue weighted by molar-refractivity contribution is -0.118. The molecule has 0 aliphatic carbocycles. The average molecular weight is 494 g/mol. The van der Waals surface area contributed by atoms with E-state index in [0.717, 1.165) is 23.3 Å². The SMILES string of the molecule is O=C(CCS(=O)(=O)c1ccc(Cl)cc1)N(CCN1CCOCC1)c1nc2ccccc2s1. The van der Waals surface area contributed by atoms with Crippen molar-refractivity contribution in [1.29, 1.82) is 0 Å². The molecule has 1 fully saturated rings. The number of thiazole rings is 1. The molecule has 7 nitrogen and oxygen atoms in total. The van der Waals surface area contributed by atoms with Crippen molar-refractivity contribution in [2.45, 2.75) is 11.3 Å². The van der Waals surface area contributed by atoms with E-state index in [1.807, 2.05) is 24.3 Å². The molecule has 0 bridgehead atoms. The lowest BCUT2D eigenvalue weighted by atomic mass is 10.3. The normalized spacial score (nSPS) is 15.2. The Hall–Kier alpha value is -2.04. The zero-order chi connectivity index (χ0) is 22.6. The zero-order valence-electron chi connectivity index (χ0n) is 17.4. The van der Waals surface area contributed by atoms with Gasteiger partial charge in [0.15, 0.2) is 15.0 Å². The predicted molar refractivity (Wildman–Crippen MR) is 127 cm³/mol. The van der Waals surface area contributed by atoms with Crippen molar-refractivity contribution in [3.8, 4) is 0 Å². The van der Waals surface area contributed by atoms with Crippen LogP contribution >= 0.6 is 22.9 Å². The number of rotatable bonds is 8. The average Bonchev–Trinajstić information content (AvgIpc) is 3.23. The molecule has 3 aromatic rings. The third kappa shape index (κ3) is 5.65. The van der Waals surface area contributed by atoms with Crippen LogP contribution in [0.25, 0.3) is 10.2 Å². The molecule has 0 unspecified atom stereocenters. The van der Waals surface area contributed by atoms with Gasteiger partial charge in [-0.2, -0.15) is 0 Å². The monoisotopic (exact) mass is 493 g/mol. The van der Waals surface area contributed by atoms with Gasteiger partial charge in [-0.1, -0.05) is 35.1 Å². The molecule has 2 aromatic carbocycles. The number of amides is 1. The van der Waals surface area contributed by atoms with Crippen LogP contribution in [0.1, 0.15) is 6.42 Å². The number of nitrogens with zero attached hydrogens (tertiary/aromatic N) is 3. The molecule has 10 heteroatoms. The van der Waals surface area contributed by atoms with E-state index in [2.05, 4.69) is 9.88 Å². The molecule has 170 valence electrons. The van der Waals surface area contributed by atoms with Crippen molar-refractivity contribution >= 4 is 54.0 Å². The van der Waals surface area contributed by atoms with E-state index < -0.39 is 9.84 Å². The molecule has 1 aromatic heterocycles. The van der Waals surface area contributed by atoms with Crippen molar-refractivity contribution in [2.75, 3.05) is 50.0 Å². The maximum Gasteiger partial charge on any atom is 0.229 e. The van der Waals surface area contributed by atoms with Crippen LogP contribution in [-0.4, -0.2) is 69.4 Å². The van der Waals surface area contributed by atoms with E-state index >= 15 is 0 Å². The molecule has 0 atom stereocenters. The predicted octanol–water partition coefficient (Wildman–Crippen LogP) is 3.48. The van der Waals surface area contributed by atoms with Gasteiger partial charge >= 0.3 is 0 Å². The molecule has 1 saturated heterocycles. The first-order valence-corrected chi connectivity index (χ1v) is 13.2. The summed E-state index contributed by atoms with van der Waals surface area (Å²) in [5.41, 5.74) is 0.824. The van der Waals surface area contributed by atoms with Gasteiger partial charge in [-0.05, 0) is 36.4 Å². The highest BCUT2D eigenvalue weighted by molar-refractivity contribution is 7.91. The lowest BCUT2D eigenvalue weighted by Crippen LogP contribution is -2.43. The van der Waals surface area contributed by atoms with Gasteiger partial charge in [0.2, 0.25) is 5.91 Å². The van der Waals surface area contributed by atoms with Gasteiger partial charge in [-0.15, -0.1) is 0 Å². The molecule has 32 heavy (non-hydrogen) atoms. The van der Waals surface area contributed by atoms with E-state index in [1.165, 1.54) is 35.6 Å². The fraction of sp³-hybridized carbons (Fsp3) is 0.364. The maximum atomic E-state index is 13.2. The first-order chi connectivity index (χ1) is 15.4. The smallest absolute Gasteiger partial charge is 0.229 e. The fourth-order valence-corrected chi connectivity index (χ4v) is 5.85. The Kier molecular flexibility index (Phi) is 7.42. The van der Waals surface area contributed by atoms with Gasteiger partial charge in [-0.25, -0.2) is 13.4 Å². The molecular weight excluding hydrogens is 470 g/mol. The zero-order valence-corrected chi connectivity index (χ0v) is 19.8. The van der Waals surface area contributed by atoms with Gasteiger partial charge in [0.1, 0.15) is 0 Å². The van der Waals surface area contributed by atoms with Gasteiger partial charge < -0.3 is 4.74 Å². The third-order valence-electron chi connectivity index (χ3n) is 5.32. The molecule has 0 spiro atoms. The molecule has 1 aliphatic rings. The molecule has 4 rings (SSSR count). The maximum absolute atomic E-state index is 13.2. The first-order valence-electron chi connectivity index (χ1n) is 10.4. The first kappa shape index (κ1) is 23.1. The second kappa shape index (κ2) is 10.3. The van der Waals surface area contributed by atoms with E-state index in [4.69, 9.17) is 16.3 Å². The van der Waals surface area contributed by atoms with Crippen molar-refractivity contribution in [3.63, 3.8) is 0 Å². The second-order valence-electron chi connectivity index (χ2n) is 7.49. The number of carbonyl (C=O) groups excluding carboxylic acids is 1. The van der Waals surface area contributed by atoms with Crippen LogP contribution in [0.2, 0.25) is 5.02 Å². The van der Waals surface area contributed by atoms with Gasteiger partial charge in [0.05, 0.1) is 34.1 Å². The summed E-state index contributed by atoms with van der Waals surface area (Å²) in [6, 6.07) is 13.7. The number of benzene rings is 2. The van der Waals surface area contributed by atoms with Crippen molar-refractivity contribution in [1.82, 2.24) is 9.88 Å². The van der Waals surface area contributed by atoms with Crippen molar-refractivity contribution in [3.05, 3.63) is 53.6 Å². The van der Waals surface area contributed by atoms with E-state index in [1.54, 1.807) is 4.90 Å². The number of para-hydroxylation sites is 1. The Morgan fingerprint density at radius 2 is 1.84 bits per heavy atom. The number of halogens is 1. The van der Waals surface area contributed by atoms with Crippen LogP contribution in [0.5, 0.6) is 0 Å². The highest BCUT2D eigenvalue weighted by atomic mass is 35.5. The largest absolute Gasteiger partial charge is 0.379 e. The highest BCUT2D eigenvalue weighted by Gasteiger charge is 2.24. The topological polar surface area (TPSA) is 79.8 Å². The number of morpholine rings is 1. The van der Waals surface area contributed by atoms with Crippen molar-refractivity contribution < 1.29 is 17.9 Å². The van der Waals surface area contributed by atoms with E-state index in [9.17, 15) is 13.2 Å². The molecule has 1 amide bonds.